The van der Waals surface area contributed by atoms with Gasteiger partial charge in [-0.3, -0.25) is 0 Å². The maximum absolute atomic E-state index is 6.54. The first-order chi connectivity index (χ1) is 10.0. The molecule has 0 bridgehead atoms. The molecular formula is C19H24ClN. The predicted molar refractivity (Wildman–Crippen MR) is 92.2 cm³/mol. The van der Waals surface area contributed by atoms with Gasteiger partial charge in [-0.05, 0) is 67.6 Å². The summed E-state index contributed by atoms with van der Waals surface area (Å²) in [7, 11) is 0. The molecule has 21 heavy (non-hydrogen) atoms. The summed E-state index contributed by atoms with van der Waals surface area (Å²) in [5, 5.41) is 4.49. The molecule has 2 rings (SSSR count). The normalized spacial score (nSPS) is 12.4. The van der Waals surface area contributed by atoms with Crippen molar-refractivity contribution < 1.29 is 0 Å². The summed E-state index contributed by atoms with van der Waals surface area (Å²) in [4.78, 5) is 0. The van der Waals surface area contributed by atoms with Gasteiger partial charge in [0.25, 0.3) is 0 Å². The number of rotatable bonds is 5. The molecule has 2 aromatic carbocycles. The van der Waals surface area contributed by atoms with Crippen LogP contribution in [0.5, 0.6) is 0 Å². The molecule has 0 aliphatic heterocycles. The molecule has 0 saturated heterocycles. The highest BCUT2D eigenvalue weighted by molar-refractivity contribution is 6.31. The van der Waals surface area contributed by atoms with Gasteiger partial charge in [0, 0.05) is 5.02 Å². The Hall–Kier alpha value is -1.31. The summed E-state index contributed by atoms with van der Waals surface area (Å²) in [6.07, 6.45) is 1.10. The number of halogens is 1. The van der Waals surface area contributed by atoms with Crippen LogP contribution in [-0.4, -0.2) is 6.54 Å². The van der Waals surface area contributed by atoms with Crippen molar-refractivity contribution in [3.05, 3.63) is 69.2 Å². The molecule has 0 radical (unpaired) electrons. The fraction of sp³-hybridized carbons (Fsp3) is 0.368. The van der Waals surface area contributed by atoms with E-state index < -0.39 is 0 Å². The molecule has 0 spiro atoms. The van der Waals surface area contributed by atoms with Crippen molar-refractivity contribution in [3.63, 3.8) is 0 Å². The van der Waals surface area contributed by atoms with Gasteiger partial charge >= 0.3 is 0 Å². The van der Waals surface area contributed by atoms with Gasteiger partial charge < -0.3 is 5.32 Å². The molecule has 0 aliphatic rings. The van der Waals surface area contributed by atoms with E-state index in [1.807, 2.05) is 0 Å². The minimum absolute atomic E-state index is 0.151. The van der Waals surface area contributed by atoms with Gasteiger partial charge in [-0.15, -0.1) is 0 Å². The van der Waals surface area contributed by atoms with Crippen molar-refractivity contribution in [3.8, 4) is 0 Å². The summed E-state index contributed by atoms with van der Waals surface area (Å²) in [5.74, 6) is 0. The van der Waals surface area contributed by atoms with Crippen molar-refractivity contribution in [1.29, 1.82) is 0 Å². The predicted octanol–water partition coefficient (Wildman–Crippen LogP) is 5.35. The summed E-state index contributed by atoms with van der Waals surface area (Å²) in [6, 6.07) is 13.0. The molecule has 1 unspecified atom stereocenters. The monoisotopic (exact) mass is 301 g/mol. The fourth-order valence-electron chi connectivity index (χ4n) is 2.61. The van der Waals surface area contributed by atoms with Crippen LogP contribution in [0, 0.1) is 20.8 Å². The third-order valence-corrected chi connectivity index (χ3v) is 4.35. The van der Waals surface area contributed by atoms with Crippen molar-refractivity contribution in [2.24, 2.45) is 0 Å². The van der Waals surface area contributed by atoms with Crippen LogP contribution in [-0.2, 0) is 0 Å². The largest absolute Gasteiger partial charge is 0.306 e. The smallest absolute Gasteiger partial charge is 0.0594 e. The van der Waals surface area contributed by atoms with Crippen LogP contribution in [0.15, 0.2) is 36.4 Å². The Bertz CT molecular complexity index is 619. The Morgan fingerprint density at radius 2 is 1.62 bits per heavy atom. The molecule has 0 aliphatic carbocycles. The maximum Gasteiger partial charge on any atom is 0.0594 e. The van der Waals surface area contributed by atoms with Gasteiger partial charge in [-0.25, -0.2) is 0 Å². The summed E-state index contributed by atoms with van der Waals surface area (Å²) >= 11 is 6.54. The van der Waals surface area contributed by atoms with E-state index in [2.05, 4.69) is 69.4 Å². The van der Waals surface area contributed by atoms with Crippen LogP contribution in [0.2, 0.25) is 5.02 Å². The molecule has 0 amide bonds. The number of benzene rings is 2. The first-order valence-electron chi connectivity index (χ1n) is 7.60. The van der Waals surface area contributed by atoms with Crippen LogP contribution in [0.3, 0.4) is 0 Å². The van der Waals surface area contributed by atoms with Crippen molar-refractivity contribution >= 4 is 11.6 Å². The zero-order valence-corrected chi connectivity index (χ0v) is 14.1. The van der Waals surface area contributed by atoms with E-state index in [0.717, 1.165) is 18.0 Å². The van der Waals surface area contributed by atoms with Gasteiger partial charge in [-0.1, -0.05) is 48.9 Å². The fourth-order valence-corrected chi connectivity index (χ4v) is 2.94. The van der Waals surface area contributed by atoms with Crippen LogP contribution in [0.1, 0.15) is 47.2 Å². The first kappa shape index (κ1) is 16.1. The number of hydrogen-bond donors (Lipinski definition) is 1. The van der Waals surface area contributed by atoms with Gasteiger partial charge in [0.15, 0.2) is 0 Å². The van der Waals surface area contributed by atoms with E-state index in [-0.39, 0.29) is 6.04 Å². The zero-order valence-electron chi connectivity index (χ0n) is 13.3. The van der Waals surface area contributed by atoms with E-state index in [9.17, 15) is 0 Å². The molecule has 112 valence electrons. The molecule has 0 aromatic heterocycles. The van der Waals surface area contributed by atoms with E-state index in [4.69, 9.17) is 11.6 Å². The lowest BCUT2D eigenvalue weighted by molar-refractivity contribution is 0.596. The van der Waals surface area contributed by atoms with Crippen LogP contribution >= 0.6 is 11.6 Å². The molecule has 0 fully saturated rings. The lowest BCUT2D eigenvalue weighted by Crippen LogP contribution is -2.24. The summed E-state index contributed by atoms with van der Waals surface area (Å²) in [5.41, 5.74) is 6.29. The Labute approximate surface area is 133 Å². The molecule has 0 heterocycles. The van der Waals surface area contributed by atoms with E-state index >= 15 is 0 Å². The lowest BCUT2D eigenvalue weighted by Gasteiger charge is -2.23. The molecule has 1 nitrogen and oxygen atoms in total. The molecular weight excluding hydrogens is 278 g/mol. The Kier molecular flexibility index (Phi) is 5.44. The van der Waals surface area contributed by atoms with E-state index in [0.29, 0.717) is 0 Å². The molecule has 1 atom stereocenters. The third-order valence-electron chi connectivity index (χ3n) is 4.02. The Morgan fingerprint density at radius 3 is 2.29 bits per heavy atom. The third kappa shape index (κ3) is 3.66. The molecule has 1 N–H and O–H groups in total. The maximum atomic E-state index is 6.54. The second kappa shape index (κ2) is 7.11. The highest BCUT2D eigenvalue weighted by Gasteiger charge is 2.18. The van der Waals surface area contributed by atoms with Gasteiger partial charge in [0.05, 0.1) is 6.04 Å². The number of hydrogen-bond acceptors (Lipinski definition) is 1. The van der Waals surface area contributed by atoms with Crippen molar-refractivity contribution in [2.45, 2.75) is 40.2 Å². The van der Waals surface area contributed by atoms with Crippen LogP contribution in [0.25, 0.3) is 0 Å². The second-order valence-electron chi connectivity index (χ2n) is 5.70. The first-order valence-corrected chi connectivity index (χ1v) is 7.98. The van der Waals surface area contributed by atoms with Gasteiger partial charge in [0.2, 0.25) is 0 Å². The average Bonchev–Trinajstić information content (AvgIpc) is 2.46. The number of aryl methyl sites for hydroxylation is 3. The van der Waals surface area contributed by atoms with Crippen LogP contribution < -0.4 is 5.32 Å². The Morgan fingerprint density at radius 1 is 0.952 bits per heavy atom. The zero-order chi connectivity index (χ0) is 15.4. The van der Waals surface area contributed by atoms with Crippen molar-refractivity contribution in [2.75, 3.05) is 6.54 Å². The molecule has 2 aromatic rings. The second-order valence-corrected chi connectivity index (χ2v) is 6.11. The molecule has 2 heteroatoms. The summed E-state index contributed by atoms with van der Waals surface area (Å²) < 4.78 is 0. The topological polar surface area (TPSA) is 12.0 Å². The number of nitrogens with one attached hydrogen (secondary N) is 1. The Balaban J connectivity index is 2.51. The highest BCUT2D eigenvalue weighted by atomic mass is 35.5. The average molecular weight is 302 g/mol. The van der Waals surface area contributed by atoms with E-state index in [1.54, 1.807) is 0 Å². The van der Waals surface area contributed by atoms with Gasteiger partial charge in [-0.2, -0.15) is 0 Å². The van der Waals surface area contributed by atoms with E-state index in [1.165, 1.54) is 27.8 Å². The summed E-state index contributed by atoms with van der Waals surface area (Å²) in [6.45, 7) is 9.56. The van der Waals surface area contributed by atoms with Gasteiger partial charge in [0.1, 0.15) is 0 Å². The minimum atomic E-state index is 0.151. The quantitative estimate of drug-likeness (QED) is 0.784. The standard InChI is InChI=1S/C19H24ClN/c1-5-10-21-19(16-9-7-6-8-13(16)2)17-11-14(3)15(4)12-18(17)20/h6-9,11-12,19,21H,5,10H2,1-4H3. The minimum Gasteiger partial charge on any atom is -0.306 e. The lowest BCUT2D eigenvalue weighted by atomic mass is 9.92. The molecule has 0 saturated carbocycles. The van der Waals surface area contributed by atoms with Crippen molar-refractivity contribution in [1.82, 2.24) is 5.32 Å². The van der Waals surface area contributed by atoms with Crippen LogP contribution in [0.4, 0.5) is 0 Å². The highest BCUT2D eigenvalue weighted by Crippen LogP contribution is 2.32. The SMILES string of the molecule is CCCNC(c1ccccc1C)c1cc(C)c(C)cc1Cl.